The Morgan fingerprint density at radius 2 is 1.79 bits per heavy atom. The summed E-state index contributed by atoms with van der Waals surface area (Å²) in [6.07, 6.45) is 5.88. The second kappa shape index (κ2) is 9.17. The molecule has 4 rings (SSSR count). The maximum Gasteiger partial charge on any atom is 0.123 e. The van der Waals surface area contributed by atoms with Crippen molar-refractivity contribution in [1.82, 2.24) is 19.7 Å². The van der Waals surface area contributed by atoms with E-state index >= 15 is 0 Å². The van der Waals surface area contributed by atoms with E-state index in [1.807, 2.05) is 16.9 Å². The van der Waals surface area contributed by atoms with Gasteiger partial charge >= 0.3 is 0 Å². The van der Waals surface area contributed by atoms with Crippen molar-refractivity contribution in [3.8, 4) is 11.3 Å². The van der Waals surface area contributed by atoms with Gasteiger partial charge in [0.05, 0.1) is 17.6 Å². The normalized spacial score (nSPS) is 14.7. The molecule has 3 aromatic rings. The maximum atomic E-state index is 13.3. The molecule has 0 saturated carbocycles. The van der Waals surface area contributed by atoms with Crippen LogP contribution in [0.2, 0.25) is 0 Å². The van der Waals surface area contributed by atoms with Crippen LogP contribution in [0.5, 0.6) is 0 Å². The van der Waals surface area contributed by atoms with Gasteiger partial charge in [0.25, 0.3) is 0 Å². The minimum absolute atomic E-state index is 0. The van der Waals surface area contributed by atoms with E-state index < -0.39 is 0 Å². The number of aromatic nitrogens is 3. The molecule has 2 aromatic heterocycles. The average Bonchev–Trinajstić information content (AvgIpc) is 3.17. The molecule has 0 spiro atoms. The van der Waals surface area contributed by atoms with Crippen LogP contribution in [-0.4, -0.2) is 45.8 Å². The molecule has 0 radical (unpaired) electrons. The first-order valence-corrected chi connectivity index (χ1v) is 9.42. The van der Waals surface area contributed by atoms with Gasteiger partial charge in [0.15, 0.2) is 0 Å². The number of hydrogen-bond donors (Lipinski definition) is 0. The highest BCUT2D eigenvalue weighted by Gasteiger charge is 2.20. The van der Waals surface area contributed by atoms with Crippen molar-refractivity contribution in [2.45, 2.75) is 20.0 Å². The zero-order valence-electron chi connectivity index (χ0n) is 16.0. The van der Waals surface area contributed by atoms with E-state index in [-0.39, 0.29) is 18.2 Å². The van der Waals surface area contributed by atoms with Crippen LogP contribution in [0.25, 0.3) is 11.3 Å². The van der Waals surface area contributed by atoms with Crippen molar-refractivity contribution in [1.29, 1.82) is 0 Å². The number of piperazine rings is 1. The van der Waals surface area contributed by atoms with E-state index in [9.17, 15) is 4.39 Å². The first-order chi connectivity index (χ1) is 13.2. The quantitative estimate of drug-likeness (QED) is 0.650. The number of hydrogen-bond acceptors (Lipinski definition) is 4. The van der Waals surface area contributed by atoms with Gasteiger partial charge in [-0.3, -0.25) is 14.6 Å². The van der Waals surface area contributed by atoms with Crippen molar-refractivity contribution < 1.29 is 4.39 Å². The lowest BCUT2D eigenvalue weighted by atomic mass is 10.1. The Morgan fingerprint density at radius 1 is 1.04 bits per heavy atom. The first-order valence-electron chi connectivity index (χ1n) is 9.42. The van der Waals surface area contributed by atoms with Gasteiger partial charge in [-0.15, -0.1) is 12.4 Å². The number of aryl methyl sites for hydroxylation is 1. The molecule has 1 aliphatic rings. The molecule has 1 aromatic carbocycles. The largest absolute Gasteiger partial charge is 0.367 e. The van der Waals surface area contributed by atoms with Crippen LogP contribution in [-0.2, 0) is 13.1 Å². The Kier molecular flexibility index (Phi) is 6.65. The summed E-state index contributed by atoms with van der Waals surface area (Å²) in [5, 5.41) is 4.36. The zero-order chi connectivity index (χ0) is 18.6. The Morgan fingerprint density at radius 3 is 2.46 bits per heavy atom. The Balaban J connectivity index is 0.00000225. The molecule has 0 amide bonds. The van der Waals surface area contributed by atoms with Gasteiger partial charge in [0.1, 0.15) is 5.82 Å². The van der Waals surface area contributed by atoms with Gasteiger partial charge in [0, 0.05) is 62.8 Å². The topological polar surface area (TPSA) is 37.2 Å². The van der Waals surface area contributed by atoms with E-state index in [4.69, 9.17) is 0 Å². The fourth-order valence-electron chi connectivity index (χ4n) is 3.55. The highest BCUT2D eigenvalue weighted by Crippen LogP contribution is 2.29. The van der Waals surface area contributed by atoms with Gasteiger partial charge in [0.2, 0.25) is 0 Å². The van der Waals surface area contributed by atoms with Gasteiger partial charge < -0.3 is 4.90 Å². The lowest BCUT2D eigenvalue weighted by Crippen LogP contribution is -2.46. The molecule has 1 aliphatic heterocycles. The molecule has 0 bridgehead atoms. The maximum absolute atomic E-state index is 13.3. The third-order valence-corrected chi connectivity index (χ3v) is 5.03. The van der Waals surface area contributed by atoms with E-state index in [2.05, 4.69) is 39.1 Å². The highest BCUT2D eigenvalue weighted by molar-refractivity contribution is 5.85. The number of rotatable bonds is 5. The van der Waals surface area contributed by atoms with Crippen LogP contribution in [0.4, 0.5) is 10.1 Å². The van der Waals surface area contributed by atoms with Crippen molar-refractivity contribution in [2.24, 2.45) is 0 Å². The monoisotopic (exact) mass is 401 g/mol. The molecular weight excluding hydrogens is 377 g/mol. The summed E-state index contributed by atoms with van der Waals surface area (Å²) in [7, 11) is 0. The predicted octanol–water partition coefficient (Wildman–Crippen LogP) is 3.85. The highest BCUT2D eigenvalue weighted by atomic mass is 35.5. The van der Waals surface area contributed by atoms with Crippen molar-refractivity contribution >= 4 is 18.1 Å². The number of halogens is 2. The molecule has 5 nitrogen and oxygen atoms in total. The smallest absolute Gasteiger partial charge is 0.123 e. The summed E-state index contributed by atoms with van der Waals surface area (Å²) in [5.41, 5.74) is 4.23. The van der Waals surface area contributed by atoms with E-state index in [1.165, 1.54) is 17.7 Å². The molecule has 3 heterocycles. The molecule has 148 valence electrons. The summed E-state index contributed by atoms with van der Waals surface area (Å²) >= 11 is 0. The Hall–Kier alpha value is -2.44. The van der Waals surface area contributed by atoms with Crippen molar-refractivity contribution in [3.63, 3.8) is 0 Å². The van der Waals surface area contributed by atoms with Gasteiger partial charge in [-0.25, -0.2) is 4.39 Å². The van der Waals surface area contributed by atoms with Crippen LogP contribution in [0.1, 0.15) is 12.5 Å². The predicted molar refractivity (Wildman–Crippen MR) is 112 cm³/mol. The number of benzene rings is 1. The van der Waals surface area contributed by atoms with Crippen molar-refractivity contribution in [2.75, 3.05) is 31.1 Å². The summed E-state index contributed by atoms with van der Waals surface area (Å²) < 4.78 is 15.2. The number of anilines is 1. The number of nitrogens with zero attached hydrogens (tertiary/aromatic N) is 5. The summed E-state index contributed by atoms with van der Waals surface area (Å²) in [5.74, 6) is -0.226. The van der Waals surface area contributed by atoms with Crippen LogP contribution < -0.4 is 4.90 Å². The molecule has 28 heavy (non-hydrogen) atoms. The summed E-state index contributed by atoms with van der Waals surface area (Å²) in [4.78, 5) is 9.40. The van der Waals surface area contributed by atoms with Crippen LogP contribution in [0.3, 0.4) is 0 Å². The fraction of sp³-hybridized carbons (Fsp3) is 0.333. The van der Waals surface area contributed by atoms with Crippen molar-refractivity contribution in [3.05, 3.63) is 66.4 Å². The minimum atomic E-state index is -0.226. The van der Waals surface area contributed by atoms with E-state index in [0.29, 0.717) is 0 Å². The van der Waals surface area contributed by atoms with E-state index in [0.717, 1.165) is 56.2 Å². The molecule has 0 unspecified atom stereocenters. The second-order valence-electron chi connectivity index (χ2n) is 6.85. The second-order valence-corrected chi connectivity index (χ2v) is 6.85. The minimum Gasteiger partial charge on any atom is -0.367 e. The molecule has 0 aliphatic carbocycles. The molecule has 1 fully saturated rings. The molecular formula is C21H25ClFN5. The molecule has 7 heteroatoms. The van der Waals surface area contributed by atoms with Gasteiger partial charge in [-0.05, 0) is 43.3 Å². The zero-order valence-corrected chi connectivity index (χ0v) is 16.8. The Labute approximate surface area is 171 Å². The average molecular weight is 402 g/mol. The Bertz CT molecular complexity index is 888. The fourth-order valence-corrected chi connectivity index (χ4v) is 3.55. The molecule has 0 N–H and O–H groups in total. The lowest BCUT2D eigenvalue weighted by Gasteiger charge is -2.36. The molecule has 1 saturated heterocycles. The van der Waals surface area contributed by atoms with Gasteiger partial charge in [-0.2, -0.15) is 5.10 Å². The summed E-state index contributed by atoms with van der Waals surface area (Å²) in [6.45, 7) is 7.82. The first kappa shape index (κ1) is 20.3. The van der Waals surface area contributed by atoms with Gasteiger partial charge in [-0.1, -0.05) is 0 Å². The molecule has 0 atom stereocenters. The SMILES string of the molecule is CCn1cc(CN2CCN(c3cccnc3-c3ccc(F)cc3)CC2)cn1.Cl. The lowest BCUT2D eigenvalue weighted by molar-refractivity contribution is 0.250. The standard InChI is InChI=1S/C21H24FN5.ClH/c1-2-27-16-17(14-24-27)15-25-10-12-26(13-11-25)20-4-3-9-23-21(20)18-5-7-19(22)8-6-18;/h3-9,14,16H,2,10-13,15H2,1H3;1H. The van der Waals surface area contributed by atoms with Crippen LogP contribution in [0.15, 0.2) is 55.0 Å². The third kappa shape index (κ3) is 4.51. The van der Waals surface area contributed by atoms with Crippen LogP contribution >= 0.6 is 12.4 Å². The summed E-state index contributed by atoms with van der Waals surface area (Å²) in [6, 6.07) is 10.6. The third-order valence-electron chi connectivity index (χ3n) is 5.03. The van der Waals surface area contributed by atoms with Crippen LogP contribution in [0, 0.1) is 5.82 Å². The number of pyridine rings is 1. The van der Waals surface area contributed by atoms with E-state index in [1.54, 1.807) is 18.3 Å².